The number of nitrogens with one attached hydrogen (secondary N) is 2. The smallest absolute Gasteiger partial charge is 0.234 e. The molecule has 8 nitrogen and oxygen atoms in total. The van der Waals surface area contributed by atoms with Crippen molar-refractivity contribution in [3.8, 4) is 11.3 Å². The fourth-order valence-electron chi connectivity index (χ4n) is 4.41. The van der Waals surface area contributed by atoms with E-state index in [1.807, 2.05) is 59.4 Å². The Labute approximate surface area is 206 Å². The van der Waals surface area contributed by atoms with Gasteiger partial charge in [-0.25, -0.2) is 0 Å². The number of rotatable bonds is 10. The summed E-state index contributed by atoms with van der Waals surface area (Å²) in [5.41, 5.74) is 4.03. The zero-order chi connectivity index (χ0) is 24.5. The van der Waals surface area contributed by atoms with Crippen molar-refractivity contribution in [3.05, 3.63) is 78.0 Å². The summed E-state index contributed by atoms with van der Waals surface area (Å²) in [5.74, 6) is -0.100. The number of carbonyl (C=O) groups is 2. The molecular weight excluding hydrogens is 442 g/mol. The molecule has 35 heavy (non-hydrogen) atoms. The molecule has 0 unspecified atom stereocenters. The summed E-state index contributed by atoms with van der Waals surface area (Å²) in [6.45, 7) is 3.01. The van der Waals surface area contributed by atoms with Crippen molar-refractivity contribution in [2.75, 3.05) is 32.8 Å². The average Bonchev–Trinajstić information content (AvgIpc) is 3.30. The normalized spacial score (nSPS) is 14.5. The predicted octanol–water partition coefficient (Wildman–Crippen LogP) is 2.04. The Morgan fingerprint density at radius 1 is 0.971 bits per heavy atom. The molecule has 1 saturated heterocycles. The number of aliphatic hydroxyl groups is 1. The minimum absolute atomic E-state index is 0.0101. The molecule has 2 amide bonds. The van der Waals surface area contributed by atoms with Crippen LogP contribution in [0.4, 0.5) is 0 Å². The minimum atomic E-state index is -0.0537. The lowest BCUT2D eigenvalue weighted by Gasteiger charge is -2.30. The number of nitrogens with zero attached hydrogens (tertiary/aromatic N) is 3. The third kappa shape index (κ3) is 7.00. The molecular formula is C27H33N5O3. The van der Waals surface area contributed by atoms with Gasteiger partial charge in [-0.3, -0.25) is 19.2 Å². The van der Waals surface area contributed by atoms with Gasteiger partial charge in [0.2, 0.25) is 11.8 Å². The van der Waals surface area contributed by atoms with E-state index in [-0.39, 0.29) is 30.9 Å². The van der Waals surface area contributed by atoms with Crippen LogP contribution in [0.5, 0.6) is 0 Å². The fourth-order valence-corrected chi connectivity index (χ4v) is 4.41. The van der Waals surface area contributed by atoms with E-state index in [1.54, 1.807) is 0 Å². The van der Waals surface area contributed by atoms with Crippen LogP contribution < -0.4 is 10.6 Å². The molecule has 1 aliphatic rings. The Morgan fingerprint density at radius 3 is 2.34 bits per heavy atom. The maximum Gasteiger partial charge on any atom is 0.234 e. The van der Waals surface area contributed by atoms with Crippen molar-refractivity contribution in [1.29, 1.82) is 0 Å². The number of piperidine rings is 1. The zero-order valence-corrected chi connectivity index (χ0v) is 19.9. The standard InChI is InChI=1S/C27H33N5O3/c33-16-13-28-27(35)23-11-14-31(15-12-23)20-25(34)29-17-24-19-32(18-21-7-3-1-4-8-21)30-26(24)22-9-5-2-6-10-22/h1-10,19,23,33H,11-18,20H2,(H,28,35)(H,29,34). The molecule has 0 aliphatic carbocycles. The predicted molar refractivity (Wildman–Crippen MR) is 134 cm³/mol. The lowest BCUT2D eigenvalue weighted by atomic mass is 9.96. The number of aromatic nitrogens is 2. The van der Waals surface area contributed by atoms with Gasteiger partial charge < -0.3 is 15.7 Å². The van der Waals surface area contributed by atoms with Gasteiger partial charge in [-0.1, -0.05) is 60.7 Å². The van der Waals surface area contributed by atoms with Crippen LogP contribution in [0.1, 0.15) is 24.0 Å². The van der Waals surface area contributed by atoms with E-state index in [0.29, 0.717) is 32.7 Å². The SMILES string of the molecule is O=C(CN1CCC(C(=O)NCCO)CC1)NCc1cn(Cc2ccccc2)nc1-c1ccccc1. The maximum absolute atomic E-state index is 12.7. The molecule has 4 rings (SSSR count). The van der Waals surface area contributed by atoms with Crippen LogP contribution in [0.15, 0.2) is 66.9 Å². The summed E-state index contributed by atoms with van der Waals surface area (Å²) < 4.78 is 1.92. The van der Waals surface area contributed by atoms with Crippen LogP contribution in [0, 0.1) is 5.92 Å². The number of hydrogen-bond acceptors (Lipinski definition) is 5. The first-order valence-corrected chi connectivity index (χ1v) is 12.2. The van der Waals surface area contributed by atoms with E-state index < -0.39 is 0 Å². The summed E-state index contributed by atoms with van der Waals surface area (Å²) >= 11 is 0. The highest BCUT2D eigenvalue weighted by atomic mass is 16.3. The highest BCUT2D eigenvalue weighted by molar-refractivity contribution is 5.79. The van der Waals surface area contributed by atoms with E-state index in [1.165, 1.54) is 5.56 Å². The van der Waals surface area contributed by atoms with Crippen LogP contribution in [-0.2, 0) is 22.7 Å². The lowest BCUT2D eigenvalue weighted by Crippen LogP contribution is -2.44. The summed E-state index contributed by atoms with van der Waals surface area (Å²) in [6, 6.07) is 20.2. The Balaban J connectivity index is 1.34. The molecule has 2 heterocycles. The molecule has 3 aromatic rings. The zero-order valence-electron chi connectivity index (χ0n) is 19.9. The molecule has 0 radical (unpaired) electrons. The first-order valence-electron chi connectivity index (χ1n) is 12.2. The number of hydrogen-bond donors (Lipinski definition) is 3. The van der Waals surface area contributed by atoms with Gasteiger partial charge in [-0.15, -0.1) is 0 Å². The molecule has 1 aliphatic heterocycles. The van der Waals surface area contributed by atoms with Crippen molar-refractivity contribution in [2.45, 2.75) is 25.9 Å². The third-order valence-electron chi connectivity index (χ3n) is 6.28. The van der Waals surface area contributed by atoms with Crippen molar-refractivity contribution >= 4 is 11.8 Å². The fraction of sp³-hybridized carbons (Fsp3) is 0.370. The van der Waals surface area contributed by atoms with E-state index >= 15 is 0 Å². The largest absolute Gasteiger partial charge is 0.395 e. The van der Waals surface area contributed by atoms with Crippen molar-refractivity contribution < 1.29 is 14.7 Å². The Bertz CT molecular complexity index is 1090. The quantitative estimate of drug-likeness (QED) is 0.417. The highest BCUT2D eigenvalue weighted by Crippen LogP contribution is 2.22. The monoisotopic (exact) mass is 475 g/mol. The van der Waals surface area contributed by atoms with Gasteiger partial charge in [0.15, 0.2) is 0 Å². The van der Waals surface area contributed by atoms with Crippen LogP contribution >= 0.6 is 0 Å². The molecule has 0 saturated carbocycles. The van der Waals surface area contributed by atoms with Crippen molar-refractivity contribution in [1.82, 2.24) is 25.3 Å². The summed E-state index contributed by atoms with van der Waals surface area (Å²) in [4.78, 5) is 26.9. The van der Waals surface area contributed by atoms with Gasteiger partial charge >= 0.3 is 0 Å². The van der Waals surface area contributed by atoms with Gasteiger partial charge in [-0.2, -0.15) is 5.10 Å². The van der Waals surface area contributed by atoms with Crippen molar-refractivity contribution in [3.63, 3.8) is 0 Å². The third-order valence-corrected chi connectivity index (χ3v) is 6.28. The van der Waals surface area contributed by atoms with Crippen LogP contribution in [-0.4, -0.2) is 64.4 Å². The number of amides is 2. The Hall–Kier alpha value is -3.49. The van der Waals surface area contributed by atoms with Gasteiger partial charge in [0.05, 0.1) is 25.4 Å². The first-order chi connectivity index (χ1) is 17.1. The molecule has 3 N–H and O–H groups in total. The van der Waals surface area contributed by atoms with Crippen LogP contribution in [0.2, 0.25) is 0 Å². The van der Waals surface area contributed by atoms with E-state index in [4.69, 9.17) is 10.2 Å². The maximum atomic E-state index is 12.7. The topological polar surface area (TPSA) is 99.5 Å². The van der Waals surface area contributed by atoms with Gasteiger partial charge in [0.25, 0.3) is 0 Å². The molecule has 0 spiro atoms. The summed E-state index contributed by atoms with van der Waals surface area (Å²) in [5, 5.41) is 19.5. The number of likely N-dealkylation sites (tertiary alicyclic amines) is 1. The van der Waals surface area contributed by atoms with E-state index in [0.717, 1.165) is 29.7 Å². The second kappa shape index (κ2) is 12.3. The summed E-state index contributed by atoms with van der Waals surface area (Å²) in [7, 11) is 0. The second-order valence-corrected chi connectivity index (χ2v) is 8.89. The Morgan fingerprint density at radius 2 is 1.66 bits per heavy atom. The first kappa shape index (κ1) is 24.6. The number of carbonyl (C=O) groups excluding carboxylic acids is 2. The lowest BCUT2D eigenvalue weighted by molar-refractivity contribution is -0.127. The molecule has 1 aromatic heterocycles. The number of aliphatic hydroxyl groups excluding tert-OH is 1. The molecule has 1 fully saturated rings. The highest BCUT2D eigenvalue weighted by Gasteiger charge is 2.25. The molecule has 184 valence electrons. The van der Waals surface area contributed by atoms with Crippen LogP contribution in [0.3, 0.4) is 0 Å². The second-order valence-electron chi connectivity index (χ2n) is 8.89. The molecule has 2 aromatic carbocycles. The van der Waals surface area contributed by atoms with E-state index in [9.17, 15) is 9.59 Å². The molecule has 8 heteroatoms. The van der Waals surface area contributed by atoms with Gasteiger partial charge in [-0.05, 0) is 31.5 Å². The molecule has 0 atom stereocenters. The number of benzene rings is 2. The van der Waals surface area contributed by atoms with E-state index in [2.05, 4.69) is 27.7 Å². The van der Waals surface area contributed by atoms with Crippen LogP contribution in [0.25, 0.3) is 11.3 Å². The average molecular weight is 476 g/mol. The van der Waals surface area contributed by atoms with Gasteiger partial charge in [0.1, 0.15) is 0 Å². The summed E-state index contributed by atoms with van der Waals surface area (Å²) in [6.07, 6.45) is 3.44. The Kier molecular flexibility index (Phi) is 8.64. The minimum Gasteiger partial charge on any atom is -0.395 e. The van der Waals surface area contributed by atoms with Crippen molar-refractivity contribution in [2.24, 2.45) is 5.92 Å². The molecule has 0 bridgehead atoms. The van der Waals surface area contributed by atoms with Gasteiger partial charge in [0, 0.05) is 36.3 Å².